The van der Waals surface area contributed by atoms with Crippen LogP contribution in [0.5, 0.6) is 5.75 Å². The number of piperazine rings is 1. The second kappa shape index (κ2) is 9.32. The van der Waals surface area contributed by atoms with Gasteiger partial charge in [-0.15, -0.1) is 12.4 Å². The normalized spacial score (nSPS) is 25.2. The molecule has 0 aromatic heterocycles. The fraction of sp³-hybridized carbons (Fsp3) is 0.619. The van der Waals surface area contributed by atoms with Gasteiger partial charge in [-0.05, 0) is 31.0 Å². The highest BCUT2D eigenvalue weighted by atomic mass is 35.5. The van der Waals surface area contributed by atoms with Crippen LogP contribution in [0.2, 0.25) is 0 Å². The van der Waals surface area contributed by atoms with Crippen LogP contribution >= 0.6 is 12.4 Å². The van der Waals surface area contributed by atoms with Crippen molar-refractivity contribution in [2.24, 2.45) is 5.92 Å². The largest absolute Gasteiger partial charge is 0.495 e. The van der Waals surface area contributed by atoms with Crippen molar-refractivity contribution in [3.63, 3.8) is 0 Å². The summed E-state index contributed by atoms with van der Waals surface area (Å²) >= 11 is 0. The monoisotopic (exact) mass is 422 g/mol. The van der Waals surface area contributed by atoms with Crippen LogP contribution in [0.3, 0.4) is 0 Å². The number of carbonyl (C=O) groups excluding carboxylic acids is 2. The van der Waals surface area contributed by atoms with Crippen LogP contribution in [0.4, 0.5) is 5.69 Å². The van der Waals surface area contributed by atoms with Crippen molar-refractivity contribution in [2.75, 3.05) is 57.8 Å². The van der Waals surface area contributed by atoms with Crippen LogP contribution in [0, 0.1) is 12.8 Å². The molecule has 4 rings (SSSR count). The molecule has 2 amide bonds. The molecule has 160 valence electrons. The van der Waals surface area contributed by atoms with Crippen LogP contribution in [0.15, 0.2) is 18.2 Å². The molecule has 0 spiro atoms. The van der Waals surface area contributed by atoms with E-state index in [4.69, 9.17) is 4.74 Å². The lowest BCUT2D eigenvalue weighted by atomic mass is 10.1. The Morgan fingerprint density at radius 2 is 1.93 bits per heavy atom. The van der Waals surface area contributed by atoms with Gasteiger partial charge in [0.25, 0.3) is 0 Å². The van der Waals surface area contributed by atoms with E-state index in [1.165, 1.54) is 0 Å². The molecule has 8 heteroatoms. The highest BCUT2D eigenvalue weighted by Crippen LogP contribution is 2.34. The molecule has 3 saturated heterocycles. The van der Waals surface area contributed by atoms with Gasteiger partial charge in [-0.2, -0.15) is 0 Å². The molecular weight excluding hydrogens is 392 g/mol. The molecule has 29 heavy (non-hydrogen) atoms. The number of nitrogens with one attached hydrogen (secondary N) is 1. The van der Waals surface area contributed by atoms with Crippen molar-refractivity contribution in [3.8, 4) is 5.75 Å². The number of hydrogen-bond acceptors (Lipinski definition) is 5. The predicted octanol–water partition coefficient (Wildman–Crippen LogP) is 1.28. The van der Waals surface area contributed by atoms with Crippen molar-refractivity contribution in [2.45, 2.75) is 25.8 Å². The summed E-state index contributed by atoms with van der Waals surface area (Å²) in [5.41, 5.74) is 1.83. The van der Waals surface area contributed by atoms with Crippen LogP contribution < -0.4 is 15.0 Å². The fourth-order valence-electron chi connectivity index (χ4n) is 4.66. The van der Waals surface area contributed by atoms with Crippen molar-refractivity contribution >= 4 is 29.9 Å². The molecule has 0 aliphatic carbocycles. The first-order valence-corrected chi connectivity index (χ1v) is 10.3. The summed E-state index contributed by atoms with van der Waals surface area (Å²) < 4.78 is 5.44. The van der Waals surface area contributed by atoms with Gasteiger partial charge in [-0.3, -0.25) is 14.5 Å². The summed E-state index contributed by atoms with van der Waals surface area (Å²) in [4.78, 5) is 32.0. The van der Waals surface area contributed by atoms with Gasteiger partial charge in [0, 0.05) is 58.3 Å². The molecule has 0 radical (unpaired) electrons. The summed E-state index contributed by atoms with van der Waals surface area (Å²) in [6, 6.07) is 6.26. The molecule has 2 unspecified atom stereocenters. The van der Waals surface area contributed by atoms with E-state index in [0.29, 0.717) is 18.3 Å². The van der Waals surface area contributed by atoms with E-state index in [0.717, 1.165) is 56.9 Å². The fourth-order valence-corrected chi connectivity index (χ4v) is 4.66. The minimum atomic E-state index is -0.264. The van der Waals surface area contributed by atoms with Crippen LogP contribution in [0.1, 0.15) is 18.4 Å². The van der Waals surface area contributed by atoms with Crippen LogP contribution in [-0.2, 0) is 9.59 Å². The molecule has 3 aliphatic rings. The Labute approximate surface area is 178 Å². The number of anilines is 1. The number of carbonyl (C=O) groups is 2. The Balaban J connectivity index is 0.00000240. The third-order valence-corrected chi connectivity index (χ3v) is 6.24. The van der Waals surface area contributed by atoms with Crippen molar-refractivity contribution < 1.29 is 14.3 Å². The van der Waals surface area contributed by atoms with E-state index in [1.54, 1.807) is 12.0 Å². The summed E-state index contributed by atoms with van der Waals surface area (Å²) in [6.45, 7) is 8.16. The Kier molecular flexibility index (Phi) is 7.03. The van der Waals surface area contributed by atoms with E-state index < -0.39 is 0 Å². The average Bonchev–Trinajstić information content (AvgIpc) is 3.35. The van der Waals surface area contributed by atoms with Crippen molar-refractivity contribution in [1.82, 2.24) is 15.1 Å². The molecule has 0 bridgehead atoms. The Morgan fingerprint density at radius 3 is 2.66 bits per heavy atom. The average molecular weight is 423 g/mol. The minimum Gasteiger partial charge on any atom is -0.495 e. The Bertz CT molecular complexity index is 753. The molecule has 3 aliphatic heterocycles. The van der Waals surface area contributed by atoms with Crippen LogP contribution in [0.25, 0.3) is 0 Å². The second-order valence-corrected chi connectivity index (χ2v) is 8.09. The Morgan fingerprint density at radius 1 is 1.17 bits per heavy atom. The van der Waals surface area contributed by atoms with Gasteiger partial charge in [0.2, 0.25) is 11.8 Å². The maximum Gasteiger partial charge on any atom is 0.228 e. The van der Waals surface area contributed by atoms with E-state index >= 15 is 0 Å². The lowest BCUT2D eigenvalue weighted by Gasteiger charge is -2.32. The van der Waals surface area contributed by atoms with E-state index in [2.05, 4.69) is 10.2 Å². The molecule has 1 aromatic carbocycles. The standard InChI is InChI=1S/C21H30N4O3.ClH/c1-15-3-4-19(28-2)18(11-15)25-13-16(12-20(25)26)21(27)24-8-5-17(14-24)23-9-6-22-7-10-23;/h3-4,11,16-17,22H,5-10,12-14H2,1-2H3;1H. The predicted molar refractivity (Wildman–Crippen MR) is 115 cm³/mol. The number of methoxy groups -OCH3 is 1. The number of ether oxygens (including phenoxy) is 1. The first kappa shape index (κ1) is 21.9. The quantitative estimate of drug-likeness (QED) is 0.792. The molecule has 1 N–H and O–H groups in total. The van der Waals surface area contributed by atoms with E-state index in [1.807, 2.05) is 30.0 Å². The van der Waals surface area contributed by atoms with Gasteiger partial charge in [-0.25, -0.2) is 0 Å². The zero-order chi connectivity index (χ0) is 19.7. The Hall–Kier alpha value is -1.83. The summed E-state index contributed by atoms with van der Waals surface area (Å²) in [7, 11) is 1.61. The zero-order valence-electron chi connectivity index (χ0n) is 17.2. The van der Waals surface area contributed by atoms with Gasteiger partial charge in [0.15, 0.2) is 0 Å². The SMILES string of the molecule is COc1ccc(C)cc1N1CC(C(=O)N2CCC(N3CCNCC3)C2)CC1=O.Cl. The number of amides is 2. The minimum absolute atomic E-state index is 0. The third-order valence-electron chi connectivity index (χ3n) is 6.24. The van der Waals surface area contributed by atoms with Gasteiger partial charge >= 0.3 is 0 Å². The number of hydrogen-bond donors (Lipinski definition) is 1. The molecule has 3 heterocycles. The molecule has 7 nitrogen and oxygen atoms in total. The number of benzene rings is 1. The smallest absolute Gasteiger partial charge is 0.228 e. The highest BCUT2D eigenvalue weighted by molar-refractivity contribution is 6.01. The van der Waals surface area contributed by atoms with Gasteiger partial charge in [0.05, 0.1) is 18.7 Å². The topological polar surface area (TPSA) is 65.1 Å². The van der Waals surface area contributed by atoms with Crippen LogP contribution in [-0.4, -0.2) is 80.6 Å². The van der Waals surface area contributed by atoms with Crippen molar-refractivity contribution in [3.05, 3.63) is 23.8 Å². The van der Waals surface area contributed by atoms with Gasteiger partial charge < -0.3 is 19.9 Å². The maximum atomic E-state index is 13.1. The molecule has 2 atom stereocenters. The number of rotatable bonds is 4. The number of aryl methyl sites for hydroxylation is 1. The highest BCUT2D eigenvalue weighted by Gasteiger charge is 2.40. The lowest BCUT2D eigenvalue weighted by Crippen LogP contribution is -2.49. The van der Waals surface area contributed by atoms with E-state index in [-0.39, 0.29) is 36.6 Å². The first-order chi connectivity index (χ1) is 13.6. The summed E-state index contributed by atoms with van der Waals surface area (Å²) in [5.74, 6) is 0.534. The third kappa shape index (κ3) is 4.52. The zero-order valence-corrected chi connectivity index (χ0v) is 18.0. The van der Waals surface area contributed by atoms with Gasteiger partial charge in [-0.1, -0.05) is 6.07 Å². The maximum absolute atomic E-state index is 13.1. The molecule has 1 aromatic rings. The van der Waals surface area contributed by atoms with E-state index in [9.17, 15) is 9.59 Å². The summed E-state index contributed by atoms with van der Waals surface area (Å²) in [5, 5.41) is 3.38. The second-order valence-electron chi connectivity index (χ2n) is 8.09. The molecular formula is C21H31ClN4O3. The number of likely N-dealkylation sites (tertiary alicyclic amines) is 1. The summed E-state index contributed by atoms with van der Waals surface area (Å²) in [6.07, 6.45) is 1.31. The lowest BCUT2D eigenvalue weighted by molar-refractivity contribution is -0.135. The van der Waals surface area contributed by atoms with Gasteiger partial charge in [0.1, 0.15) is 5.75 Å². The molecule has 0 saturated carbocycles. The van der Waals surface area contributed by atoms with Crippen molar-refractivity contribution in [1.29, 1.82) is 0 Å². The number of halogens is 1. The number of nitrogens with zero attached hydrogens (tertiary/aromatic N) is 3. The first-order valence-electron chi connectivity index (χ1n) is 10.3. The molecule has 3 fully saturated rings.